The van der Waals surface area contributed by atoms with Crippen LogP contribution in [0.25, 0.3) is 93.8 Å². The van der Waals surface area contributed by atoms with Crippen LogP contribution in [0, 0.1) is 19.3 Å². The van der Waals surface area contributed by atoms with Crippen molar-refractivity contribution < 1.29 is 18.8 Å². The topological polar surface area (TPSA) is 172 Å². The number of nitrogens with one attached hydrogen (secondary N) is 2. The average molecular weight is 1460 g/mol. The maximum absolute atomic E-state index is 14.5. The minimum absolute atomic E-state index is 0.0124. The molecule has 9 aromatic rings. The minimum Gasteiger partial charge on any atom is -0.407 e. The third-order valence-corrected chi connectivity index (χ3v) is 23.5. The van der Waals surface area contributed by atoms with Gasteiger partial charge >= 0.3 is 7.12 Å². The highest BCUT2D eigenvalue weighted by molar-refractivity contribution is 6.61. The molecule has 8 bridgehead atoms. The Morgan fingerprint density at radius 3 is 1.37 bits per heavy atom. The van der Waals surface area contributed by atoms with E-state index in [1.54, 1.807) is 0 Å². The largest absolute Gasteiger partial charge is 0.493 e. The summed E-state index contributed by atoms with van der Waals surface area (Å²) in [4.78, 5) is 78.4. The molecule has 9 heterocycles. The zero-order valence-corrected chi connectivity index (χ0v) is 67.4. The number of hydrogen-bond acceptors (Lipinski definition) is 10. The molecule has 4 aromatic carbocycles. The lowest BCUT2D eigenvalue weighted by molar-refractivity contribution is -0.201. The van der Waals surface area contributed by atoms with Crippen molar-refractivity contribution in [3.8, 4) is 27.9 Å². The van der Waals surface area contributed by atoms with Crippen molar-refractivity contribution in [3.05, 3.63) is 194 Å². The predicted octanol–water partition coefficient (Wildman–Crippen LogP) is 21.2. The lowest BCUT2D eigenvalue weighted by Gasteiger charge is -2.33. The van der Waals surface area contributed by atoms with Gasteiger partial charge < -0.3 is 28.8 Å². The van der Waals surface area contributed by atoms with Crippen molar-refractivity contribution in [3.63, 3.8) is 0 Å². The Balaban J connectivity index is 0.941. The van der Waals surface area contributed by atoms with Crippen molar-refractivity contribution in [1.82, 2.24) is 29.1 Å². The van der Waals surface area contributed by atoms with Gasteiger partial charge in [0.25, 0.3) is 22.2 Å². The second-order valence-corrected chi connectivity index (χ2v) is 34.3. The lowest BCUT2D eigenvalue weighted by atomic mass is 9.75. The van der Waals surface area contributed by atoms with E-state index in [0.29, 0.717) is 18.9 Å². The van der Waals surface area contributed by atoms with E-state index in [4.69, 9.17) is 28.8 Å². The summed E-state index contributed by atoms with van der Waals surface area (Å²) >= 11 is 0. The van der Waals surface area contributed by atoms with Gasteiger partial charge in [-0.3, -0.25) is 23.7 Å². The Kier molecular flexibility index (Phi) is 23.3. The molecule has 568 valence electrons. The number of hydrogen-bond donors (Lipinski definition) is 2. The SMILES string of the molecule is CCCCCCC1=C(C)c2nc1cc1nc(c(-c3ccc(C4OCC(n5c(=O)c6cc7c(=O)n(-c8cc(C(C)(C)C)ccc8C(C)(C)C)c(=O)c7cc6c5=O)CO4)cc3)c3[nH]c(cc4[nH]c(c(C)c4CCCCCC)c2-c2ccc(B4OCC(C)(C)CO4)cc2)c(CCCCCC)c3C)C(C)=C1CCCCCC. The van der Waals surface area contributed by atoms with Crippen LogP contribution in [0.5, 0.6) is 0 Å². The molecule has 0 amide bonds. The van der Waals surface area contributed by atoms with E-state index in [9.17, 15) is 19.2 Å². The highest BCUT2D eigenvalue weighted by Crippen LogP contribution is 2.46. The van der Waals surface area contributed by atoms with E-state index < -0.39 is 47.1 Å². The summed E-state index contributed by atoms with van der Waals surface area (Å²) in [5, 5.41) is 0.350. The normalized spacial score (nSPS) is 16.5. The highest BCUT2D eigenvalue weighted by Gasteiger charge is 2.36. The third-order valence-electron chi connectivity index (χ3n) is 23.5. The van der Waals surface area contributed by atoms with Crippen molar-refractivity contribution in [2.24, 2.45) is 5.41 Å². The van der Waals surface area contributed by atoms with Crippen LogP contribution in [0.1, 0.15) is 287 Å². The van der Waals surface area contributed by atoms with Gasteiger partial charge in [-0.2, -0.15) is 0 Å². The van der Waals surface area contributed by atoms with E-state index in [1.807, 2.05) is 32.9 Å². The smallest absolute Gasteiger partial charge is 0.407 e. The summed E-state index contributed by atoms with van der Waals surface area (Å²) in [6, 6.07) is 30.2. The fraction of sp³-hybridized carbons (Fsp3) is 0.484. The molecule has 13 rings (SSSR count). The predicted molar refractivity (Wildman–Crippen MR) is 448 cm³/mol. The molecule has 0 radical (unpaired) electrons. The Morgan fingerprint density at radius 2 is 0.935 bits per heavy atom. The van der Waals surface area contributed by atoms with Gasteiger partial charge in [0.05, 0.1) is 80.3 Å². The molecule has 15 heteroatoms. The summed E-state index contributed by atoms with van der Waals surface area (Å²) in [5.74, 6) is 0. The Hall–Kier alpha value is -8.34. The first-order chi connectivity index (χ1) is 51.7. The molecule has 4 aliphatic rings. The van der Waals surface area contributed by atoms with Crippen molar-refractivity contribution in [2.75, 3.05) is 26.4 Å². The fourth-order valence-corrected chi connectivity index (χ4v) is 17.0. The van der Waals surface area contributed by atoms with Gasteiger partial charge in [-0.1, -0.05) is 221 Å². The van der Waals surface area contributed by atoms with Gasteiger partial charge in [0.1, 0.15) is 0 Å². The highest BCUT2D eigenvalue weighted by atomic mass is 16.7. The van der Waals surface area contributed by atoms with E-state index in [-0.39, 0.29) is 45.6 Å². The number of benzene rings is 4. The third kappa shape index (κ3) is 15.5. The molecule has 0 atom stereocenters. The van der Waals surface area contributed by atoms with Gasteiger partial charge in [-0.15, -0.1) is 0 Å². The van der Waals surface area contributed by atoms with Crippen LogP contribution < -0.4 is 27.7 Å². The number of fused-ring (bicyclic) bond motifs is 10. The standard InChI is InChI=1S/C93H115BN6O8/c1-17-21-25-29-33-66-56(5)82-80(60-37-39-62(40-38-60)90-105-52-65(53-106-90)99-86(101)70-48-72-73(49-71(70)87(99)102)89(104)100(88(72)103)79-47-63(91(9,10)11)43-46-74(79)92(12,13)14)83-57(6)67(34-30-26-22-18-2)76(96-83)51-78-69(36-32-28-24-20-4)59(8)85(98-78)81(61-41-44-64(45-42-61)94-107-54-93(15,16)55-108-94)84-58(7)68(35-31-27-23-19-3)77(97-84)50-75(66)95-82/h37-51,65,90,95,97H,17-36,52-55H2,1-16H3. The number of H-pyrrole nitrogens is 2. The molecule has 0 aliphatic carbocycles. The van der Waals surface area contributed by atoms with Crippen LogP contribution in [0.3, 0.4) is 0 Å². The first-order valence-corrected chi connectivity index (χ1v) is 40.7. The quantitative estimate of drug-likeness (QED) is 0.0392. The van der Waals surface area contributed by atoms with E-state index in [1.165, 1.54) is 79.5 Å². The number of aromatic nitrogens is 6. The molecule has 0 unspecified atom stereocenters. The number of rotatable bonds is 26. The van der Waals surface area contributed by atoms with Crippen LogP contribution in [-0.4, -0.2) is 62.6 Å². The Morgan fingerprint density at radius 1 is 0.500 bits per heavy atom. The molecule has 2 N–H and O–H groups in total. The number of aromatic amines is 2. The van der Waals surface area contributed by atoms with Crippen LogP contribution >= 0.6 is 0 Å². The van der Waals surface area contributed by atoms with Gasteiger partial charge in [-0.25, -0.2) is 14.5 Å². The molecule has 2 fully saturated rings. The van der Waals surface area contributed by atoms with E-state index in [2.05, 4.69) is 167 Å². The van der Waals surface area contributed by atoms with Gasteiger partial charge in [-0.05, 0) is 192 Å². The second-order valence-electron chi connectivity index (χ2n) is 34.3. The van der Waals surface area contributed by atoms with Crippen molar-refractivity contribution in [1.29, 1.82) is 0 Å². The first-order valence-electron chi connectivity index (χ1n) is 40.7. The van der Waals surface area contributed by atoms with Gasteiger partial charge in [0.2, 0.25) is 0 Å². The average Bonchev–Trinajstić information content (AvgIpc) is 1.57. The van der Waals surface area contributed by atoms with E-state index >= 15 is 0 Å². The zero-order chi connectivity index (χ0) is 76.7. The fourth-order valence-electron chi connectivity index (χ4n) is 17.0. The van der Waals surface area contributed by atoms with Gasteiger partial charge in [0.15, 0.2) is 6.29 Å². The second kappa shape index (κ2) is 32.3. The molecule has 0 saturated carbocycles. The summed E-state index contributed by atoms with van der Waals surface area (Å²) in [6.45, 7) is 36.4. The molecular weight excluding hydrogens is 1340 g/mol. The van der Waals surface area contributed by atoms with Crippen LogP contribution in [0.4, 0.5) is 0 Å². The van der Waals surface area contributed by atoms with Crippen molar-refractivity contribution in [2.45, 2.75) is 262 Å². The molecule has 0 spiro atoms. The summed E-state index contributed by atoms with van der Waals surface area (Å²) in [7, 11) is -0.433. The number of allylic oxidation sites excluding steroid dienone is 4. The van der Waals surface area contributed by atoms with Crippen molar-refractivity contribution >= 4 is 78.5 Å². The Labute approximate surface area is 639 Å². The Bertz CT molecular complexity index is 5230. The number of nitrogens with zero attached hydrogens (tertiary/aromatic N) is 4. The van der Waals surface area contributed by atoms with Crippen LogP contribution in [-0.2, 0) is 42.5 Å². The zero-order valence-electron chi connectivity index (χ0n) is 67.4. The molecule has 2 saturated heterocycles. The minimum atomic E-state index is -0.798. The van der Waals surface area contributed by atoms with Crippen LogP contribution in [0.15, 0.2) is 110 Å². The first kappa shape index (κ1) is 77.8. The maximum Gasteiger partial charge on any atom is 0.493 e. The number of unbranched alkanes of at least 4 members (excludes halogenated alkanes) is 12. The molecular formula is C93H115BN6O8. The lowest BCUT2D eigenvalue weighted by Crippen LogP contribution is -2.47. The number of ether oxygens (including phenoxy) is 2. The summed E-state index contributed by atoms with van der Waals surface area (Å²) in [5.41, 5.74) is 23.7. The molecule has 14 nitrogen and oxygen atoms in total. The maximum atomic E-state index is 14.5. The van der Waals surface area contributed by atoms with Gasteiger partial charge in [0, 0.05) is 46.4 Å². The molecule has 108 heavy (non-hydrogen) atoms. The monoisotopic (exact) mass is 1450 g/mol. The molecule has 4 aliphatic heterocycles. The number of aryl methyl sites for hydroxylation is 4. The molecule has 5 aromatic heterocycles. The van der Waals surface area contributed by atoms with Crippen LogP contribution in [0.2, 0.25) is 0 Å². The summed E-state index contributed by atoms with van der Waals surface area (Å²) in [6.07, 6.45) is 20.9. The summed E-state index contributed by atoms with van der Waals surface area (Å²) < 4.78 is 28.2. The van der Waals surface area contributed by atoms with E-state index in [0.717, 1.165) is 204 Å².